The van der Waals surface area contributed by atoms with Gasteiger partial charge in [-0.25, -0.2) is 0 Å². The molecule has 0 aliphatic carbocycles. The van der Waals surface area contributed by atoms with Gasteiger partial charge in [-0.2, -0.15) is 4.98 Å². The minimum atomic E-state index is -0.423. The molecule has 8 nitrogen and oxygen atoms in total. The summed E-state index contributed by atoms with van der Waals surface area (Å²) < 4.78 is 16.3. The molecule has 1 saturated heterocycles. The van der Waals surface area contributed by atoms with E-state index in [4.69, 9.17) is 14.0 Å². The molecule has 1 N–H and O–H groups in total. The first-order valence-electron chi connectivity index (χ1n) is 8.45. The van der Waals surface area contributed by atoms with Gasteiger partial charge < -0.3 is 23.9 Å². The highest BCUT2D eigenvalue weighted by Crippen LogP contribution is 2.27. The number of carbonyl (C=O) groups is 1. The maximum Gasteiger partial charge on any atom is 0.270 e. The van der Waals surface area contributed by atoms with Gasteiger partial charge in [0.25, 0.3) is 11.8 Å². The Morgan fingerprint density at radius 1 is 1.35 bits per heavy atom. The number of ether oxygens (including phenoxy) is 2. The molecule has 4 rings (SSSR count). The fraction of sp³-hybridized carbons (Fsp3) is 0.389. The predicted octanol–water partition coefficient (Wildman–Crippen LogP) is 2.47. The molecule has 0 saturated carbocycles. The molecule has 0 bridgehead atoms. The van der Waals surface area contributed by atoms with Gasteiger partial charge in [-0.3, -0.25) is 4.79 Å². The molecule has 1 aromatic carbocycles. The summed E-state index contributed by atoms with van der Waals surface area (Å²) in [6.45, 7) is 4.54. The molecule has 26 heavy (non-hydrogen) atoms. The molecule has 0 unspecified atom stereocenters. The Balaban J connectivity index is 1.58. The monoisotopic (exact) mass is 356 g/mol. The van der Waals surface area contributed by atoms with E-state index in [9.17, 15) is 4.79 Å². The van der Waals surface area contributed by atoms with Crippen molar-refractivity contribution in [3.05, 3.63) is 41.7 Å². The van der Waals surface area contributed by atoms with Crippen LogP contribution in [-0.2, 0) is 4.74 Å². The molecule has 0 spiro atoms. The van der Waals surface area contributed by atoms with Crippen LogP contribution in [0.2, 0.25) is 0 Å². The summed E-state index contributed by atoms with van der Waals surface area (Å²) in [4.78, 5) is 22.1. The quantitative estimate of drug-likeness (QED) is 0.775. The number of amides is 1. The topological polar surface area (TPSA) is 93.5 Å². The van der Waals surface area contributed by atoms with Gasteiger partial charge in [0.15, 0.2) is 11.9 Å². The number of aromatic amines is 1. The average Bonchev–Trinajstić information content (AvgIpc) is 3.25. The number of morpholine rings is 1. The van der Waals surface area contributed by atoms with E-state index in [1.54, 1.807) is 18.9 Å². The molecule has 2 aromatic heterocycles. The smallest absolute Gasteiger partial charge is 0.270 e. The van der Waals surface area contributed by atoms with Crippen molar-refractivity contribution in [2.75, 3.05) is 20.2 Å². The zero-order chi connectivity index (χ0) is 18.3. The third kappa shape index (κ3) is 3.03. The first-order chi connectivity index (χ1) is 12.5. The number of nitrogens with one attached hydrogen (secondary N) is 1. The molecule has 1 aliphatic heterocycles. The molecule has 3 heterocycles. The molecule has 2 atom stereocenters. The van der Waals surface area contributed by atoms with Gasteiger partial charge in [-0.05, 0) is 38.1 Å². The Labute approximate surface area is 150 Å². The largest absolute Gasteiger partial charge is 0.497 e. The van der Waals surface area contributed by atoms with Crippen LogP contribution in [0.1, 0.15) is 35.2 Å². The summed E-state index contributed by atoms with van der Waals surface area (Å²) in [6.07, 6.45) is -0.553. The highest BCUT2D eigenvalue weighted by atomic mass is 16.5. The lowest BCUT2D eigenvalue weighted by molar-refractivity contribution is -0.0811. The summed E-state index contributed by atoms with van der Waals surface area (Å²) in [5.74, 6) is 1.61. The van der Waals surface area contributed by atoms with E-state index in [0.29, 0.717) is 30.5 Å². The summed E-state index contributed by atoms with van der Waals surface area (Å²) in [7, 11) is 1.62. The summed E-state index contributed by atoms with van der Waals surface area (Å²) in [5, 5.41) is 4.73. The van der Waals surface area contributed by atoms with E-state index in [1.807, 2.05) is 31.2 Å². The molecular weight excluding hydrogens is 336 g/mol. The number of hydrogen-bond donors (Lipinski definition) is 1. The van der Waals surface area contributed by atoms with Crippen LogP contribution >= 0.6 is 0 Å². The Morgan fingerprint density at radius 2 is 2.19 bits per heavy atom. The summed E-state index contributed by atoms with van der Waals surface area (Å²) in [6, 6.07) is 7.50. The van der Waals surface area contributed by atoms with Gasteiger partial charge in [0, 0.05) is 17.4 Å². The van der Waals surface area contributed by atoms with Crippen molar-refractivity contribution in [2.45, 2.75) is 26.1 Å². The van der Waals surface area contributed by atoms with E-state index in [1.165, 1.54) is 0 Å². The number of methoxy groups -OCH3 is 1. The number of rotatable bonds is 3. The standard InChI is InChI=1S/C18H20N4O4/c1-10-8-22(9-16(25-10)17-19-11(2)21-26-17)18(23)15-7-12-6-13(24-3)4-5-14(12)20-15/h4-7,10,16,20H,8-9H2,1-3H3/t10-,16-/m1/s1. The number of carbonyl (C=O) groups excluding carboxylic acids is 1. The molecule has 3 aromatic rings. The van der Waals surface area contributed by atoms with Gasteiger partial charge in [0.2, 0.25) is 0 Å². The fourth-order valence-electron chi connectivity index (χ4n) is 3.22. The van der Waals surface area contributed by atoms with Crippen molar-refractivity contribution >= 4 is 16.8 Å². The zero-order valence-corrected chi connectivity index (χ0v) is 14.9. The number of aromatic nitrogens is 3. The van der Waals surface area contributed by atoms with Crippen molar-refractivity contribution in [2.24, 2.45) is 0 Å². The normalized spacial score (nSPS) is 20.5. The van der Waals surface area contributed by atoms with Crippen LogP contribution < -0.4 is 4.74 Å². The second-order valence-corrected chi connectivity index (χ2v) is 6.46. The van der Waals surface area contributed by atoms with Crippen molar-refractivity contribution in [1.29, 1.82) is 0 Å². The number of aryl methyl sites for hydroxylation is 1. The van der Waals surface area contributed by atoms with Crippen molar-refractivity contribution < 1.29 is 18.8 Å². The van der Waals surface area contributed by atoms with Crippen LogP contribution in [0.5, 0.6) is 5.75 Å². The Morgan fingerprint density at radius 3 is 2.92 bits per heavy atom. The predicted molar refractivity (Wildman–Crippen MR) is 93.1 cm³/mol. The van der Waals surface area contributed by atoms with Gasteiger partial charge in [-0.15, -0.1) is 0 Å². The second kappa shape index (κ2) is 6.45. The summed E-state index contributed by atoms with van der Waals surface area (Å²) >= 11 is 0. The van der Waals surface area contributed by atoms with E-state index < -0.39 is 6.10 Å². The van der Waals surface area contributed by atoms with E-state index in [-0.39, 0.29) is 12.0 Å². The number of H-pyrrole nitrogens is 1. The Hall–Kier alpha value is -2.87. The maximum absolute atomic E-state index is 13.0. The molecule has 8 heteroatoms. The van der Waals surface area contributed by atoms with Crippen molar-refractivity contribution in [1.82, 2.24) is 20.0 Å². The lowest BCUT2D eigenvalue weighted by atomic mass is 10.2. The third-order valence-corrected chi connectivity index (χ3v) is 4.42. The molecular formula is C18H20N4O4. The number of nitrogens with zero attached hydrogens (tertiary/aromatic N) is 3. The van der Waals surface area contributed by atoms with Crippen molar-refractivity contribution in [3.63, 3.8) is 0 Å². The van der Waals surface area contributed by atoms with E-state index in [0.717, 1.165) is 16.7 Å². The van der Waals surface area contributed by atoms with E-state index in [2.05, 4.69) is 15.1 Å². The minimum absolute atomic E-state index is 0.0865. The first kappa shape index (κ1) is 16.6. The number of hydrogen-bond acceptors (Lipinski definition) is 6. The van der Waals surface area contributed by atoms with Crippen molar-refractivity contribution in [3.8, 4) is 5.75 Å². The lowest BCUT2D eigenvalue weighted by Crippen LogP contribution is -2.46. The molecule has 0 radical (unpaired) electrons. The maximum atomic E-state index is 13.0. The van der Waals surface area contributed by atoms with Crippen LogP contribution in [-0.4, -0.2) is 52.2 Å². The molecule has 1 aliphatic rings. The van der Waals surface area contributed by atoms with Gasteiger partial charge in [0.1, 0.15) is 11.4 Å². The fourth-order valence-corrected chi connectivity index (χ4v) is 3.22. The Bertz CT molecular complexity index is 948. The summed E-state index contributed by atoms with van der Waals surface area (Å²) in [5.41, 5.74) is 1.42. The highest BCUT2D eigenvalue weighted by molar-refractivity contribution is 5.98. The first-order valence-corrected chi connectivity index (χ1v) is 8.45. The highest BCUT2D eigenvalue weighted by Gasteiger charge is 2.33. The number of benzene rings is 1. The van der Waals surface area contributed by atoms with Crippen LogP contribution in [0, 0.1) is 6.92 Å². The lowest BCUT2D eigenvalue weighted by Gasteiger charge is -2.35. The number of fused-ring (bicyclic) bond motifs is 1. The average molecular weight is 356 g/mol. The molecule has 1 amide bonds. The van der Waals surface area contributed by atoms with Gasteiger partial charge in [0.05, 0.1) is 19.8 Å². The Kier molecular flexibility index (Phi) is 4.12. The van der Waals surface area contributed by atoms with Crippen LogP contribution in [0.3, 0.4) is 0 Å². The van der Waals surface area contributed by atoms with E-state index >= 15 is 0 Å². The molecule has 136 valence electrons. The zero-order valence-electron chi connectivity index (χ0n) is 14.9. The second-order valence-electron chi connectivity index (χ2n) is 6.46. The minimum Gasteiger partial charge on any atom is -0.497 e. The van der Waals surface area contributed by atoms with Crippen LogP contribution in [0.15, 0.2) is 28.8 Å². The van der Waals surface area contributed by atoms with Gasteiger partial charge >= 0.3 is 0 Å². The molecule has 1 fully saturated rings. The van der Waals surface area contributed by atoms with Crippen LogP contribution in [0.4, 0.5) is 0 Å². The van der Waals surface area contributed by atoms with Crippen LogP contribution in [0.25, 0.3) is 10.9 Å². The third-order valence-electron chi connectivity index (χ3n) is 4.42. The van der Waals surface area contributed by atoms with Gasteiger partial charge in [-0.1, -0.05) is 5.16 Å². The SMILES string of the molecule is COc1ccc2[nH]c(C(=O)N3C[C@@H](C)O[C@@H](c4nc(C)no4)C3)cc2c1.